The van der Waals surface area contributed by atoms with Crippen LogP contribution in [0.2, 0.25) is 0 Å². The molecule has 0 saturated heterocycles. The van der Waals surface area contributed by atoms with Crippen molar-refractivity contribution in [2.75, 3.05) is 0 Å². The van der Waals surface area contributed by atoms with Crippen LogP contribution in [0.4, 0.5) is 0 Å². The van der Waals surface area contributed by atoms with Crippen molar-refractivity contribution >= 4 is 5.91 Å². The average molecular weight is 267 g/mol. The van der Waals surface area contributed by atoms with Crippen LogP contribution >= 0.6 is 0 Å². The molecule has 0 aromatic heterocycles. The van der Waals surface area contributed by atoms with Crippen LogP contribution in [0.3, 0.4) is 0 Å². The van der Waals surface area contributed by atoms with Gasteiger partial charge in [-0.2, -0.15) is 0 Å². The van der Waals surface area contributed by atoms with Crippen LogP contribution in [0.1, 0.15) is 45.6 Å². The van der Waals surface area contributed by atoms with E-state index in [1.165, 1.54) is 16.7 Å². The molecule has 2 aromatic carbocycles. The zero-order chi connectivity index (χ0) is 14.7. The molecule has 0 fully saturated rings. The van der Waals surface area contributed by atoms with Gasteiger partial charge < -0.3 is 5.32 Å². The predicted molar refractivity (Wildman–Crippen MR) is 83.0 cm³/mol. The topological polar surface area (TPSA) is 29.1 Å². The summed E-state index contributed by atoms with van der Waals surface area (Å²) in [5.41, 5.74) is 5.44. The first-order valence-electron chi connectivity index (χ1n) is 6.92. The first kappa shape index (κ1) is 14.3. The van der Waals surface area contributed by atoms with E-state index < -0.39 is 0 Å². The number of rotatable bonds is 3. The summed E-state index contributed by atoms with van der Waals surface area (Å²) in [6.45, 7) is 8.18. The van der Waals surface area contributed by atoms with Gasteiger partial charge in [0.15, 0.2) is 0 Å². The van der Waals surface area contributed by atoms with Crippen molar-refractivity contribution in [3.05, 3.63) is 70.3 Å². The van der Waals surface area contributed by atoms with E-state index in [0.717, 1.165) is 5.56 Å². The first-order valence-corrected chi connectivity index (χ1v) is 6.92. The van der Waals surface area contributed by atoms with Crippen LogP contribution < -0.4 is 5.32 Å². The van der Waals surface area contributed by atoms with Crippen molar-refractivity contribution in [3.8, 4) is 0 Å². The zero-order valence-electron chi connectivity index (χ0n) is 12.5. The van der Waals surface area contributed by atoms with Gasteiger partial charge in [0.05, 0.1) is 6.04 Å². The Balaban J connectivity index is 2.15. The summed E-state index contributed by atoms with van der Waals surface area (Å²) < 4.78 is 0. The molecule has 0 aliphatic heterocycles. The number of hydrogen-bond donors (Lipinski definition) is 1. The van der Waals surface area contributed by atoms with Crippen molar-refractivity contribution in [2.45, 2.75) is 33.7 Å². The third-order valence-corrected chi connectivity index (χ3v) is 3.56. The summed E-state index contributed by atoms with van der Waals surface area (Å²) in [5.74, 6) is -0.0293. The monoisotopic (exact) mass is 267 g/mol. The second-order valence-corrected chi connectivity index (χ2v) is 5.42. The molecule has 104 valence electrons. The number of benzene rings is 2. The Bertz CT molecular complexity index is 614. The fraction of sp³-hybridized carbons (Fsp3) is 0.278. The van der Waals surface area contributed by atoms with Crippen LogP contribution in [0.25, 0.3) is 0 Å². The van der Waals surface area contributed by atoms with Crippen LogP contribution in [0.5, 0.6) is 0 Å². The molecule has 20 heavy (non-hydrogen) atoms. The molecule has 0 spiro atoms. The summed E-state index contributed by atoms with van der Waals surface area (Å²) >= 11 is 0. The zero-order valence-corrected chi connectivity index (χ0v) is 12.5. The molecule has 2 nitrogen and oxygen atoms in total. The molecule has 0 bridgehead atoms. The quantitative estimate of drug-likeness (QED) is 0.891. The lowest BCUT2D eigenvalue weighted by Crippen LogP contribution is -2.27. The number of hydrogen-bond acceptors (Lipinski definition) is 1. The van der Waals surface area contributed by atoms with E-state index in [1.807, 2.05) is 38.1 Å². The Labute approximate surface area is 120 Å². The van der Waals surface area contributed by atoms with Crippen molar-refractivity contribution in [1.29, 1.82) is 0 Å². The van der Waals surface area contributed by atoms with Gasteiger partial charge in [0.1, 0.15) is 0 Å². The van der Waals surface area contributed by atoms with Crippen LogP contribution in [-0.4, -0.2) is 5.91 Å². The van der Waals surface area contributed by atoms with Gasteiger partial charge in [-0.15, -0.1) is 0 Å². The minimum atomic E-state index is -0.0293. The van der Waals surface area contributed by atoms with Gasteiger partial charge in [-0.1, -0.05) is 41.5 Å². The molecule has 0 radical (unpaired) electrons. The highest BCUT2D eigenvalue weighted by Crippen LogP contribution is 2.19. The van der Waals surface area contributed by atoms with Crippen LogP contribution in [0.15, 0.2) is 42.5 Å². The lowest BCUT2D eigenvalue weighted by atomic mass is 9.99. The summed E-state index contributed by atoms with van der Waals surface area (Å²) in [6, 6.07) is 14.0. The van der Waals surface area contributed by atoms with Gasteiger partial charge in [-0.3, -0.25) is 4.79 Å². The maximum Gasteiger partial charge on any atom is 0.251 e. The Hall–Kier alpha value is -2.09. The highest BCUT2D eigenvalue weighted by atomic mass is 16.1. The minimum absolute atomic E-state index is 0.00343. The normalized spacial score (nSPS) is 12.0. The van der Waals surface area contributed by atoms with Gasteiger partial charge in [-0.05, 0) is 51.0 Å². The lowest BCUT2D eigenvalue weighted by Gasteiger charge is -2.17. The smallest absolute Gasteiger partial charge is 0.251 e. The molecule has 0 aliphatic rings. The third kappa shape index (κ3) is 3.27. The van der Waals surface area contributed by atoms with E-state index >= 15 is 0 Å². The van der Waals surface area contributed by atoms with Crippen molar-refractivity contribution in [1.82, 2.24) is 5.32 Å². The van der Waals surface area contributed by atoms with Gasteiger partial charge in [0.25, 0.3) is 5.91 Å². The molecule has 2 rings (SSSR count). The number of carbonyl (C=O) groups is 1. The summed E-state index contributed by atoms with van der Waals surface area (Å²) in [6.07, 6.45) is 0. The van der Waals surface area contributed by atoms with Crippen molar-refractivity contribution < 1.29 is 4.79 Å². The van der Waals surface area contributed by atoms with Crippen LogP contribution in [0, 0.1) is 20.8 Å². The Morgan fingerprint density at radius 3 is 2.20 bits per heavy atom. The second-order valence-electron chi connectivity index (χ2n) is 5.42. The molecular formula is C18H21NO. The predicted octanol–water partition coefficient (Wildman–Crippen LogP) is 4.10. The van der Waals surface area contributed by atoms with E-state index in [1.54, 1.807) is 0 Å². The average Bonchev–Trinajstić information content (AvgIpc) is 2.42. The van der Waals surface area contributed by atoms with Crippen molar-refractivity contribution in [2.24, 2.45) is 0 Å². The van der Waals surface area contributed by atoms with E-state index in [-0.39, 0.29) is 11.9 Å². The van der Waals surface area contributed by atoms with Gasteiger partial charge >= 0.3 is 0 Å². The number of amides is 1. The second kappa shape index (κ2) is 5.91. The van der Waals surface area contributed by atoms with E-state index in [2.05, 4.69) is 37.4 Å². The summed E-state index contributed by atoms with van der Waals surface area (Å²) in [4.78, 5) is 12.2. The molecule has 2 heteroatoms. The Kier molecular flexibility index (Phi) is 4.23. The summed E-state index contributed by atoms with van der Waals surface area (Å²) in [5, 5.41) is 3.06. The number of carbonyl (C=O) groups excluding carboxylic acids is 1. The Morgan fingerprint density at radius 2 is 1.55 bits per heavy atom. The third-order valence-electron chi connectivity index (χ3n) is 3.56. The summed E-state index contributed by atoms with van der Waals surface area (Å²) in [7, 11) is 0. The molecule has 2 aromatic rings. The highest BCUT2D eigenvalue weighted by Gasteiger charge is 2.13. The fourth-order valence-electron chi connectivity index (χ4n) is 2.29. The first-order chi connectivity index (χ1) is 9.47. The SMILES string of the molecule is Cc1ccc(C(=O)NC(C)c2cc(C)ccc2C)cc1. The van der Waals surface area contributed by atoms with E-state index in [0.29, 0.717) is 5.56 Å². The fourth-order valence-corrected chi connectivity index (χ4v) is 2.29. The van der Waals surface area contributed by atoms with Gasteiger partial charge in [0, 0.05) is 5.56 Å². The molecule has 1 unspecified atom stereocenters. The number of nitrogens with one attached hydrogen (secondary N) is 1. The molecule has 1 amide bonds. The van der Waals surface area contributed by atoms with Crippen molar-refractivity contribution in [3.63, 3.8) is 0 Å². The van der Waals surface area contributed by atoms with Gasteiger partial charge in [-0.25, -0.2) is 0 Å². The minimum Gasteiger partial charge on any atom is -0.346 e. The number of aryl methyl sites for hydroxylation is 3. The molecule has 0 heterocycles. The molecule has 0 saturated carbocycles. The maximum atomic E-state index is 12.2. The lowest BCUT2D eigenvalue weighted by molar-refractivity contribution is 0.0940. The van der Waals surface area contributed by atoms with E-state index in [4.69, 9.17) is 0 Å². The van der Waals surface area contributed by atoms with E-state index in [9.17, 15) is 4.79 Å². The highest BCUT2D eigenvalue weighted by molar-refractivity contribution is 5.94. The molecule has 1 atom stereocenters. The Morgan fingerprint density at radius 1 is 0.950 bits per heavy atom. The molecule has 1 N–H and O–H groups in total. The standard InChI is InChI=1S/C18H21NO/c1-12-6-9-16(10-7-12)18(20)19-15(4)17-11-13(2)5-8-14(17)3/h5-11,15H,1-4H3,(H,19,20). The largest absolute Gasteiger partial charge is 0.346 e. The van der Waals surface area contributed by atoms with Gasteiger partial charge in [0.2, 0.25) is 0 Å². The van der Waals surface area contributed by atoms with Crippen LogP contribution in [-0.2, 0) is 0 Å². The maximum absolute atomic E-state index is 12.2. The molecular weight excluding hydrogens is 246 g/mol. The molecule has 0 aliphatic carbocycles.